The summed E-state index contributed by atoms with van der Waals surface area (Å²) in [7, 11) is 1.78. The number of fused-ring (bicyclic) bond motifs is 1. The van der Waals surface area contributed by atoms with Crippen LogP contribution in [0.1, 0.15) is 13.8 Å². The summed E-state index contributed by atoms with van der Waals surface area (Å²) in [5.41, 5.74) is 0.750. The van der Waals surface area contributed by atoms with Crippen molar-refractivity contribution in [1.29, 1.82) is 0 Å². The number of rotatable bonds is 3. The molecule has 2 rings (SSSR count). The van der Waals surface area contributed by atoms with Gasteiger partial charge in [0.1, 0.15) is 12.4 Å². The fourth-order valence-corrected chi connectivity index (χ4v) is 1.87. The van der Waals surface area contributed by atoms with Crippen molar-refractivity contribution in [3.05, 3.63) is 36.3 Å². The van der Waals surface area contributed by atoms with Gasteiger partial charge in [-0.25, -0.2) is 4.39 Å². The first-order valence-corrected chi connectivity index (χ1v) is 5.99. The lowest BCUT2D eigenvalue weighted by molar-refractivity contribution is -0.131. The molecule has 1 amide bonds. The molecule has 0 aliphatic heterocycles. The fraction of sp³-hybridized carbons (Fsp3) is 0.357. The normalized spacial score (nSPS) is 11.2. The Morgan fingerprint density at radius 2 is 2.11 bits per heavy atom. The molecule has 0 radical (unpaired) electrons. The molecule has 0 fully saturated rings. The van der Waals surface area contributed by atoms with Crippen molar-refractivity contribution in [1.82, 2.24) is 9.47 Å². The number of benzene rings is 1. The average Bonchev–Trinajstić information content (AvgIpc) is 2.73. The molecule has 0 unspecified atom stereocenters. The Morgan fingerprint density at radius 3 is 2.78 bits per heavy atom. The highest BCUT2D eigenvalue weighted by atomic mass is 19.1. The zero-order valence-corrected chi connectivity index (χ0v) is 10.9. The van der Waals surface area contributed by atoms with Gasteiger partial charge in [-0.2, -0.15) is 0 Å². The minimum atomic E-state index is -0.254. The van der Waals surface area contributed by atoms with E-state index < -0.39 is 0 Å². The van der Waals surface area contributed by atoms with E-state index in [0.717, 1.165) is 5.52 Å². The molecule has 4 heteroatoms. The first-order valence-electron chi connectivity index (χ1n) is 5.99. The van der Waals surface area contributed by atoms with Gasteiger partial charge in [-0.3, -0.25) is 4.79 Å². The van der Waals surface area contributed by atoms with Gasteiger partial charge < -0.3 is 9.47 Å². The molecule has 0 spiro atoms. The SMILES string of the molecule is CC(C)N(C)C(=O)Cn1ccc2c(F)cccc21. The van der Waals surface area contributed by atoms with Crippen LogP contribution in [0.3, 0.4) is 0 Å². The summed E-state index contributed by atoms with van der Waals surface area (Å²) in [6.45, 7) is 4.16. The summed E-state index contributed by atoms with van der Waals surface area (Å²) in [6, 6.07) is 6.77. The number of carbonyl (C=O) groups is 1. The summed E-state index contributed by atoms with van der Waals surface area (Å²) in [5, 5.41) is 0.553. The van der Waals surface area contributed by atoms with Gasteiger partial charge in [0.05, 0.1) is 5.52 Å². The molecular formula is C14H17FN2O. The highest BCUT2D eigenvalue weighted by molar-refractivity contribution is 5.83. The van der Waals surface area contributed by atoms with Crippen LogP contribution < -0.4 is 0 Å². The van der Waals surface area contributed by atoms with Crippen LogP contribution in [-0.4, -0.2) is 28.5 Å². The molecule has 96 valence electrons. The zero-order valence-electron chi connectivity index (χ0n) is 10.9. The quantitative estimate of drug-likeness (QED) is 0.819. The Hall–Kier alpha value is -1.84. The van der Waals surface area contributed by atoms with Gasteiger partial charge in [-0.15, -0.1) is 0 Å². The molecule has 0 atom stereocenters. The van der Waals surface area contributed by atoms with E-state index >= 15 is 0 Å². The van der Waals surface area contributed by atoms with Crippen molar-refractivity contribution in [2.75, 3.05) is 7.05 Å². The van der Waals surface area contributed by atoms with E-state index in [4.69, 9.17) is 0 Å². The van der Waals surface area contributed by atoms with Crippen molar-refractivity contribution >= 4 is 16.8 Å². The topological polar surface area (TPSA) is 25.2 Å². The van der Waals surface area contributed by atoms with Gasteiger partial charge >= 0.3 is 0 Å². The number of likely N-dealkylation sites (N-methyl/N-ethyl adjacent to an activating group) is 1. The number of hydrogen-bond donors (Lipinski definition) is 0. The first kappa shape index (κ1) is 12.6. The third-order valence-corrected chi connectivity index (χ3v) is 3.23. The first-order chi connectivity index (χ1) is 8.50. The van der Waals surface area contributed by atoms with E-state index in [2.05, 4.69) is 0 Å². The van der Waals surface area contributed by atoms with Gasteiger partial charge in [0, 0.05) is 24.7 Å². The Bertz CT molecular complexity index is 574. The van der Waals surface area contributed by atoms with Gasteiger partial charge in [0.2, 0.25) is 5.91 Å². The molecule has 0 saturated heterocycles. The van der Waals surface area contributed by atoms with E-state index in [1.54, 1.807) is 34.8 Å². The molecule has 18 heavy (non-hydrogen) atoms. The van der Waals surface area contributed by atoms with E-state index in [9.17, 15) is 9.18 Å². The van der Waals surface area contributed by atoms with Gasteiger partial charge in [0.15, 0.2) is 0 Å². The van der Waals surface area contributed by atoms with Gasteiger partial charge in [-0.05, 0) is 32.0 Å². The van der Waals surface area contributed by atoms with Crippen LogP contribution in [0.15, 0.2) is 30.5 Å². The highest BCUT2D eigenvalue weighted by Crippen LogP contribution is 2.19. The molecule has 1 heterocycles. The predicted octanol–water partition coefficient (Wildman–Crippen LogP) is 2.65. The van der Waals surface area contributed by atoms with Gasteiger partial charge in [-0.1, -0.05) is 6.07 Å². The molecule has 3 nitrogen and oxygen atoms in total. The van der Waals surface area contributed by atoms with E-state index in [1.807, 2.05) is 19.9 Å². The minimum absolute atomic E-state index is 0.0201. The Kier molecular flexibility index (Phi) is 3.36. The summed E-state index contributed by atoms with van der Waals surface area (Å²) in [6.07, 6.45) is 1.75. The predicted molar refractivity (Wildman–Crippen MR) is 69.8 cm³/mol. The molecule has 0 N–H and O–H groups in total. The molecular weight excluding hydrogens is 231 g/mol. The lowest BCUT2D eigenvalue weighted by atomic mass is 10.2. The average molecular weight is 248 g/mol. The molecule has 0 bridgehead atoms. The molecule has 0 aliphatic rings. The number of aromatic nitrogens is 1. The van der Waals surface area contributed by atoms with Crippen molar-refractivity contribution in [3.63, 3.8) is 0 Å². The van der Waals surface area contributed by atoms with Crippen LogP contribution in [0.25, 0.3) is 10.9 Å². The second-order valence-electron chi connectivity index (χ2n) is 4.71. The van der Waals surface area contributed by atoms with E-state index in [0.29, 0.717) is 5.39 Å². The van der Waals surface area contributed by atoms with E-state index in [-0.39, 0.29) is 24.3 Å². The zero-order chi connectivity index (χ0) is 13.3. The van der Waals surface area contributed by atoms with Crippen LogP contribution in [0.4, 0.5) is 4.39 Å². The number of nitrogens with zero attached hydrogens (tertiary/aromatic N) is 2. The summed E-state index contributed by atoms with van der Waals surface area (Å²) < 4.78 is 15.3. The molecule has 0 saturated carbocycles. The maximum atomic E-state index is 13.5. The lowest BCUT2D eigenvalue weighted by Gasteiger charge is -2.21. The number of hydrogen-bond acceptors (Lipinski definition) is 1. The van der Waals surface area contributed by atoms with Crippen molar-refractivity contribution in [3.8, 4) is 0 Å². The number of amides is 1. The maximum Gasteiger partial charge on any atom is 0.242 e. The summed E-state index contributed by atoms with van der Waals surface area (Å²) in [5.74, 6) is -0.234. The van der Waals surface area contributed by atoms with Crippen LogP contribution in [0.5, 0.6) is 0 Å². The smallest absolute Gasteiger partial charge is 0.242 e. The van der Waals surface area contributed by atoms with Crippen LogP contribution >= 0.6 is 0 Å². The lowest BCUT2D eigenvalue weighted by Crippen LogP contribution is -2.35. The van der Waals surface area contributed by atoms with Crippen LogP contribution in [0.2, 0.25) is 0 Å². The third-order valence-electron chi connectivity index (χ3n) is 3.23. The second-order valence-corrected chi connectivity index (χ2v) is 4.71. The largest absolute Gasteiger partial charge is 0.342 e. The highest BCUT2D eigenvalue weighted by Gasteiger charge is 2.14. The van der Waals surface area contributed by atoms with Crippen molar-refractivity contribution in [2.45, 2.75) is 26.4 Å². The third kappa shape index (κ3) is 2.23. The van der Waals surface area contributed by atoms with Crippen LogP contribution in [-0.2, 0) is 11.3 Å². The fourth-order valence-electron chi connectivity index (χ4n) is 1.87. The molecule has 1 aromatic carbocycles. The van der Waals surface area contributed by atoms with E-state index in [1.165, 1.54) is 6.07 Å². The molecule has 0 aliphatic carbocycles. The van der Waals surface area contributed by atoms with Crippen molar-refractivity contribution in [2.24, 2.45) is 0 Å². The Balaban J connectivity index is 2.28. The second kappa shape index (κ2) is 4.80. The van der Waals surface area contributed by atoms with Crippen LogP contribution in [0, 0.1) is 5.82 Å². The Morgan fingerprint density at radius 1 is 1.39 bits per heavy atom. The number of carbonyl (C=O) groups excluding carboxylic acids is 1. The van der Waals surface area contributed by atoms with Gasteiger partial charge in [0.25, 0.3) is 0 Å². The molecule has 1 aromatic heterocycles. The Labute approximate surface area is 106 Å². The minimum Gasteiger partial charge on any atom is -0.342 e. The summed E-state index contributed by atoms with van der Waals surface area (Å²) in [4.78, 5) is 13.7. The number of halogens is 1. The molecule has 2 aromatic rings. The monoisotopic (exact) mass is 248 g/mol. The summed E-state index contributed by atoms with van der Waals surface area (Å²) >= 11 is 0. The maximum absolute atomic E-state index is 13.5. The standard InChI is InChI=1S/C14H17FN2O/c1-10(2)16(3)14(18)9-17-8-7-11-12(15)5-4-6-13(11)17/h4-8,10H,9H2,1-3H3. The van der Waals surface area contributed by atoms with Crippen molar-refractivity contribution < 1.29 is 9.18 Å².